The topological polar surface area (TPSA) is 98.8 Å². The van der Waals surface area contributed by atoms with E-state index in [-0.39, 0.29) is 49.4 Å². The molecule has 1 aliphatic carbocycles. The monoisotopic (exact) mass is 497 g/mol. The van der Waals surface area contributed by atoms with Crippen molar-refractivity contribution < 1.29 is 23.8 Å². The lowest BCUT2D eigenvalue weighted by molar-refractivity contribution is -0.149. The summed E-state index contributed by atoms with van der Waals surface area (Å²) < 4.78 is 16.5. The van der Waals surface area contributed by atoms with Gasteiger partial charge in [-0.25, -0.2) is 9.78 Å². The Morgan fingerprint density at radius 3 is 2.79 bits per heavy atom. The van der Waals surface area contributed by atoms with Gasteiger partial charge in [0.1, 0.15) is 17.4 Å². The Labute approximate surface area is 205 Å². The van der Waals surface area contributed by atoms with Crippen LogP contribution in [0.4, 0.5) is 0 Å². The number of halogens is 2. The van der Waals surface area contributed by atoms with E-state index in [2.05, 4.69) is 22.2 Å². The molecule has 0 bridgehead atoms. The van der Waals surface area contributed by atoms with E-state index in [4.69, 9.17) is 14.2 Å². The van der Waals surface area contributed by atoms with Crippen LogP contribution in [0.25, 0.3) is 10.8 Å². The van der Waals surface area contributed by atoms with Crippen LogP contribution < -0.4 is 20.1 Å². The Kier molecular flexibility index (Phi) is 8.94. The number of aromatic nitrogens is 1. The first-order chi connectivity index (χ1) is 15.0. The summed E-state index contributed by atoms with van der Waals surface area (Å²) in [4.78, 5) is 29.6. The molecule has 180 valence electrons. The molecule has 1 aromatic heterocycles. The molecule has 0 radical (unpaired) electrons. The maximum absolute atomic E-state index is 12.9. The van der Waals surface area contributed by atoms with Gasteiger partial charge in [0.25, 0.3) is 0 Å². The molecule has 2 aromatic rings. The number of carbonyl (C=O) groups is 2. The van der Waals surface area contributed by atoms with Gasteiger partial charge >= 0.3 is 5.97 Å². The van der Waals surface area contributed by atoms with E-state index in [1.54, 1.807) is 26.3 Å². The molecule has 0 unspecified atom stereocenters. The van der Waals surface area contributed by atoms with Gasteiger partial charge in [-0.3, -0.25) is 4.79 Å². The van der Waals surface area contributed by atoms with Crippen molar-refractivity contribution >= 4 is 47.5 Å². The molecule has 2 fully saturated rings. The molecule has 1 saturated carbocycles. The van der Waals surface area contributed by atoms with Gasteiger partial charge in [0.15, 0.2) is 0 Å². The van der Waals surface area contributed by atoms with E-state index in [9.17, 15) is 9.59 Å². The van der Waals surface area contributed by atoms with E-state index in [1.165, 1.54) is 0 Å². The molecule has 33 heavy (non-hydrogen) atoms. The number of benzene rings is 1. The molecule has 1 aliphatic heterocycles. The minimum absolute atomic E-state index is 0. The van der Waals surface area contributed by atoms with Crippen molar-refractivity contribution in [3.8, 4) is 11.6 Å². The second-order valence-electron chi connectivity index (χ2n) is 7.87. The zero-order valence-corrected chi connectivity index (χ0v) is 20.2. The molecule has 8 nitrogen and oxygen atoms in total. The van der Waals surface area contributed by atoms with E-state index in [1.807, 2.05) is 24.3 Å². The quantitative estimate of drug-likeness (QED) is 0.427. The highest BCUT2D eigenvalue weighted by molar-refractivity contribution is 5.94. The van der Waals surface area contributed by atoms with Crippen molar-refractivity contribution in [2.24, 2.45) is 5.92 Å². The number of nitrogens with zero attached hydrogens (tertiary/aromatic N) is 1. The fourth-order valence-corrected chi connectivity index (χ4v) is 4.07. The minimum Gasteiger partial charge on any atom is -0.497 e. The summed E-state index contributed by atoms with van der Waals surface area (Å²) in [5, 5.41) is 7.92. The summed E-state index contributed by atoms with van der Waals surface area (Å²) in [6.45, 7) is 6.27. The number of methoxy groups -OCH3 is 1. The normalized spacial score (nSPS) is 25.2. The van der Waals surface area contributed by atoms with Crippen LogP contribution in [-0.2, 0) is 14.3 Å². The third kappa shape index (κ3) is 5.34. The fourth-order valence-electron chi connectivity index (χ4n) is 4.07. The van der Waals surface area contributed by atoms with Crippen LogP contribution >= 0.6 is 24.8 Å². The SMILES string of the molecule is C=C[C@@H]1C[C@]1(NC(=O)[C@@H]1C[C@@H](Oc2nccc3cc(OC)ccc23)CN1)C(=O)OCC.Cl.Cl. The molecule has 1 aromatic carbocycles. The Bertz CT molecular complexity index is 1020. The third-order valence-electron chi connectivity index (χ3n) is 5.91. The lowest BCUT2D eigenvalue weighted by Gasteiger charge is -2.20. The predicted molar refractivity (Wildman–Crippen MR) is 129 cm³/mol. The standard InChI is InChI=1S/C23H27N3O5.2ClH/c1-4-15-12-23(15,22(28)30-5-2)26-20(27)19-11-17(13-25-19)31-21-18-7-6-16(29-3)10-14(18)8-9-24-21;;/h4,6-10,15,17,19,25H,1,5,11-13H2,2-3H3,(H,26,27);2*1H/t15-,17-,19+,23-;;/m1../s1. The van der Waals surface area contributed by atoms with E-state index >= 15 is 0 Å². The van der Waals surface area contributed by atoms with Crippen LogP contribution in [0.5, 0.6) is 11.6 Å². The van der Waals surface area contributed by atoms with Gasteiger partial charge in [-0.2, -0.15) is 0 Å². The maximum Gasteiger partial charge on any atom is 0.332 e. The van der Waals surface area contributed by atoms with Crippen LogP contribution in [0, 0.1) is 5.92 Å². The highest BCUT2D eigenvalue weighted by atomic mass is 35.5. The second kappa shape index (κ2) is 11.0. The number of carbonyl (C=O) groups excluding carboxylic acids is 2. The summed E-state index contributed by atoms with van der Waals surface area (Å²) >= 11 is 0. The number of nitrogens with one attached hydrogen (secondary N) is 2. The van der Waals surface area contributed by atoms with Crippen molar-refractivity contribution in [3.05, 3.63) is 43.1 Å². The van der Waals surface area contributed by atoms with Crippen LogP contribution in [0.15, 0.2) is 43.1 Å². The molecule has 1 amide bonds. The van der Waals surface area contributed by atoms with Gasteiger partial charge in [-0.05, 0) is 43.0 Å². The van der Waals surface area contributed by atoms with Gasteiger partial charge in [-0.1, -0.05) is 6.08 Å². The van der Waals surface area contributed by atoms with Crippen LogP contribution in [0.1, 0.15) is 19.8 Å². The first-order valence-electron chi connectivity index (χ1n) is 10.4. The number of pyridine rings is 1. The van der Waals surface area contributed by atoms with Crippen LogP contribution in [-0.4, -0.2) is 54.8 Å². The van der Waals surface area contributed by atoms with Gasteiger partial charge in [0.05, 0.1) is 19.8 Å². The highest BCUT2D eigenvalue weighted by Crippen LogP contribution is 2.45. The summed E-state index contributed by atoms with van der Waals surface area (Å²) in [7, 11) is 1.63. The molecule has 2 aliphatic rings. The highest BCUT2D eigenvalue weighted by Gasteiger charge is 2.61. The molecule has 2 N–H and O–H groups in total. The lowest BCUT2D eigenvalue weighted by Crippen LogP contribution is -2.51. The van der Waals surface area contributed by atoms with Crippen molar-refractivity contribution in [1.29, 1.82) is 0 Å². The average Bonchev–Trinajstić information content (AvgIpc) is 3.30. The molecular formula is C23H29Cl2N3O5. The van der Waals surface area contributed by atoms with Crippen molar-refractivity contribution in [2.45, 2.75) is 37.5 Å². The molecule has 0 spiro atoms. The number of hydrogen-bond acceptors (Lipinski definition) is 7. The van der Waals surface area contributed by atoms with E-state index in [0.717, 1.165) is 16.5 Å². The predicted octanol–water partition coefficient (Wildman–Crippen LogP) is 2.82. The smallest absolute Gasteiger partial charge is 0.332 e. The largest absolute Gasteiger partial charge is 0.497 e. The summed E-state index contributed by atoms with van der Waals surface area (Å²) in [6, 6.07) is 7.13. The summed E-state index contributed by atoms with van der Waals surface area (Å²) in [5.74, 6) is 0.525. The Balaban J connectivity index is 0.00000193. The number of esters is 1. The first-order valence-corrected chi connectivity index (χ1v) is 10.4. The zero-order valence-electron chi connectivity index (χ0n) is 18.5. The van der Waals surface area contributed by atoms with Gasteiger partial charge in [0.2, 0.25) is 11.8 Å². The van der Waals surface area contributed by atoms with E-state index < -0.39 is 17.6 Å². The van der Waals surface area contributed by atoms with Gasteiger partial charge in [0, 0.05) is 30.5 Å². The van der Waals surface area contributed by atoms with Crippen LogP contribution in [0.3, 0.4) is 0 Å². The van der Waals surface area contributed by atoms with Gasteiger partial charge < -0.3 is 24.8 Å². The molecule has 4 rings (SSSR count). The van der Waals surface area contributed by atoms with E-state index in [0.29, 0.717) is 25.3 Å². The number of amides is 1. The minimum atomic E-state index is -0.994. The zero-order chi connectivity index (χ0) is 22.0. The molecule has 1 saturated heterocycles. The number of ether oxygens (including phenoxy) is 3. The van der Waals surface area contributed by atoms with Crippen LogP contribution in [0.2, 0.25) is 0 Å². The summed E-state index contributed by atoms with van der Waals surface area (Å²) in [6.07, 6.45) is 4.14. The summed E-state index contributed by atoms with van der Waals surface area (Å²) in [5.41, 5.74) is -0.994. The molecule has 10 heteroatoms. The first kappa shape index (κ1) is 26.7. The Hall–Kier alpha value is -2.55. The Morgan fingerprint density at radius 2 is 2.12 bits per heavy atom. The lowest BCUT2D eigenvalue weighted by atomic mass is 10.1. The van der Waals surface area contributed by atoms with Gasteiger partial charge in [-0.15, -0.1) is 31.4 Å². The number of hydrogen-bond donors (Lipinski definition) is 2. The van der Waals surface area contributed by atoms with Crippen molar-refractivity contribution in [3.63, 3.8) is 0 Å². The molecule has 4 atom stereocenters. The second-order valence-corrected chi connectivity index (χ2v) is 7.87. The maximum atomic E-state index is 12.9. The molecule has 2 heterocycles. The third-order valence-corrected chi connectivity index (χ3v) is 5.91. The number of rotatable bonds is 8. The fraction of sp³-hybridized carbons (Fsp3) is 0.435. The molecular weight excluding hydrogens is 469 g/mol. The number of fused-ring (bicyclic) bond motifs is 1. The van der Waals surface area contributed by atoms with Crippen molar-refractivity contribution in [1.82, 2.24) is 15.6 Å². The Morgan fingerprint density at radius 1 is 1.33 bits per heavy atom. The van der Waals surface area contributed by atoms with Crippen molar-refractivity contribution in [2.75, 3.05) is 20.3 Å². The average molecular weight is 498 g/mol.